The Morgan fingerprint density at radius 2 is 1.45 bits per heavy atom. The SMILES string of the molecule is Cc1c(CN2CCN(C(=O)OCC3c4ccccc4-c4ccccc43)CC2)c(C)c(B(O)O)c(C)c1NC(=O)OC(C)(C)C. The first-order valence-corrected chi connectivity index (χ1v) is 15.2. The van der Waals surface area contributed by atoms with Crippen LogP contribution < -0.4 is 10.8 Å². The van der Waals surface area contributed by atoms with Crippen molar-refractivity contribution in [2.24, 2.45) is 0 Å². The normalized spacial score (nSPS) is 15.0. The van der Waals surface area contributed by atoms with Gasteiger partial charge >= 0.3 is 19.3 Å². The molecule has 0 bridgehead atoms. The standard InChI is InChI=1S/C34H42BN3O6/c1-21-28(22(2)31(23(3)30(21)35(41)42)36-32(39)44-34(4,5)6)19-37-15-17-38(18-16-37)33(40)43-20-29-26-13-9-7-11-24(26)25-12-8-10-14-27(25)29/h7-14,29,41-42H,15-20H2,1-6H3,(H,36,39). The van der Waals surface area contributed by atoms with E-state index in [9.17, 15) is 19.6 Å². The highest BCUT2D eigenvalue weighted by Crippen LogP contribution is 2.44. The molecule has 0 atom stereocenters. The van der Waals surface area contributed by atoms with Crippen molar-refractivity contribution in [1.29, 1.82) is 0 Å². The molecule has 0 radical (unpaired) electrons. The summed E-state index contributed by atoms with van der Waals surface area (Å²) in [5.41, 5.74) is 8.06. The summed E-state index contributed by atoms with van der Waals surface area (Å²) < 4.78 is 11.3. The molecule has 5 rings (SSSR count). The molecule has 0 saturated carbocycles. The highest BCUT2D eigenvalue weighted by Gasteiger charge is 2.31. The third-order valence-electron chi connectivity index (χ3n) is 8.70. The molecule has 10 heteroatoms. The van der Waals surface area contributed by atoms with Crippen molar-refractivity contribution in [3.63, 3.8) is 0 Å². The summed E-state index contributed by atoms with van der Waals surface area (Å²) in [6, 6.07) is 16.6. The number of ether oxygens (including phenoxy) is 2. The molecule has 3 aromatic carbocycles. The average Bonchev–Trinajstić information content (AvgIpc) is 3.29. The van der Waals surface area contributed by atoms with Gasteiger partial charge in [-0.05, 0) is 91.5 Å². The van der Waals surface area contributed by atoms with Gasteiger partial charge in [-0.15, -0.1) is 0 Å². The molecule has 0 unspecified atom stereocenters. The molecule has 2 aliphatic rings. The van der Waals surface area contributed by atoms with E-state index in [1.54, 1.807) is 32.6 Å². The van der Waals surface area contributed by atoms with Crippen LogP contribution in [-0.2, 0) is 16.0 Å². The molecule has 3 aromatic rings. The highest BCUT2D eigenvalue weighted by atomic mass is 16.6. The predicted molar refractivity (Wildman–Crippen MR) is 172 cm³/mol. The number of hydrogen-bond acceptors (Lipinski definition) is 7. The van der Waals surface area contributed by atoms with Gasteiger partial charge in [0, 0.05) is 44.3 Å². The number of nitrogens with one attached hydrogen (secondary N) is 1. The third-order valence-corrected chi connectivity index (χ3v) is 8.70. The van der Waals surface area contributed by atoms with E-state index in [2.05, 4.69) is 34.5 Å². The quantitative estimate of drug-likeness (QED) is 0.352. The zero-order valence-electron chi connectivity index (χ0n) is 26.4. The van der Waals surface area contributed by atoms with Crippen LogP contribution in [0.25, 0.3) is 11.1 Å². The molecular weight excluding hydrogens is 557 g/mol. The van der Waals surface area contributed by atoms with Crippen molar-refractivity contribution in [3.8, 4) is 11.1 Å². The van der Waals surface area contributed by atoms with Crippen LogP contribution in [0.1, 0.15) is 60.1 Å². The third kappa shape index (κ3) is 6.48. The van der Waals surface area contributed by atoms with E-state index in [1.165, 1.54) is 22.3 Å². The van der Waals surface area contributed by atoms with Gasteiger partial charge in [0.15, 0.2) is 0 Å². The topological polar surface area (TPSA) is 112 Å². The Labute approximate surface area is 259 Å². The van der Waals surface area contributed by atoms with Crippen molar-refractivity contribution in [2.45, 2.75) is 59.6 Å². The lowest BCUT2D eigenvalue weighted by Gasteiger charge is -2.35. The summed E-state index contributed by atoms with van der Waals surface area (Å²) in [4.78, 5) is 29.7. The molecule has 9 nitrogen and oxygen atoms in total. The fourth-order valence-electron chi connectivity index (χ4n) is 6.51. The fraction of sp³-hybridized carbons (Fsp3) is 0.412. The Morgan fingerprint density at radius 1 is 0.886 bits per heavy atom. The summed E-state index contributed by atoms with van der Waals surface area (Å²) >= 11 is 0. The van der Waals surface area contributed by atoms with E-state index in [1.807, 2.05) is 38.1 Å². The Balaban J connectivity index is 1.24. The summed E-state index contributed by atoms with van der Waals surface area (Å²) in [5.74, 6) is 0.0136. The van der Waals surface area contributed by atoms with Gasteiger partial charge in [0.2, 0.25) is 0 Å². The Bertz CT molecular complexity index is 1510. The number of piperazine rings is 1. The van der Waals surface area contributed by atoms with E-state index in [-0.39, 0.29) is 18.6 Å². The molecule has 2 amide bonds. The van der Waals surface area contributed by atoms with Gasteiger partial charge in [-0.2, -0.15) is 0 Å². The van der Waals surface area contributed by atoms with Crippen LogP contribution in [0.15, 0.2) is 48.5 Å². The lowest BCUT2D eigenvalue weighted by atomic mass is 9.71. The largest absolute Gasteiger partial charge is 0.489 e. The van der Waals surface area contributed by atoms with Gasteiger partial charge in [0.25, 0.3) is 0 Å². The maximum atomic E-state index is 13.1. The maximum Gasteiger partial charge on any atom is 0.489 e. The molecule has 0 aromatic heterocycles. The molecule has 44 heavy (non-hydrogen) atoms. The molecular formula is C34H42BN3O6. The van der Waals surface area contributed by atoms with Crippen LogP contribution in [0.3, 0.4) is 0 Å². The number of fused-ring (bicyclic) bond motifs is 3. The highest BCUT2D eigenvalue weighted by molar-refractivity contribution is 6.60. The van der Waals surface area contributed by atoms with E-state index in [0.29, 0.717) is 49.4 Å². The summed E-state index contributed by atoms with van der Waals surface area (Å²) in [7, 11) is -1.70. The minimum Gasteiger partial charge on any atom is -0.448 e. The molecule has 0 spiro atoms. The van der Waals surface area contributed by atoms with Crippen LogP contribution in [0.4, 0.5) is 15.3 Å². The minimum atomic E-state index is -1.70. The number of anilines is 1. The molecule has 1 saturated heterocycles. The van der Waals surface area contributed by atoms with E-state index in [4.69, 9.17) is 9.47 Å². The lowest BCUT2D eigenvalue weighted by Crippen LogP contribution is -2.49. The molecule has 232 valence electrons. The second-order valence-electron chi connectivity index (χ2n) is 12.7. The lowest BCUT2D eigenvalue weighted by molar-refractivity contribution is 0.0635. The monoisotopic (exact) mass is 599 g/mol. The molecule has 1 aliphatic heterocycles. The Morgan fingerprint density at radius 3 is 2.00 bits per heavy atom. The summed E-state index contributed by atoms with van der Waals surface area (Å²) in [6.07, 6.45) is -0.919. The van der Waals surface area contributed by atoms with E-state index >= 15 is 0 Å². The van der Waals surface area contributed by atoms with Gasteiger partial charge in [-0.25, -0.2) is 9.59 Å². The van der Waals surface area contributed by atoms with Crippen molar-refractivity contribution < 1.29 is 29.1 Å². The second-order valence-corrected chi connectivity index (χ2v) is 12.7. The fourth-order valence-corrected chi connectivity index (χ4v) is 6.51. The predicted octanol–water partition coefficient (Wildman–Crippen LogP) is 4.71. The Kier molecular flexibility index (Phi) is 9.06. The number of hydrogen-bond donors (Lipinski definition) is 3. The first-order chi connectivity index (χ1) is 20.9. The number of benzene rings is 3. The van der Waals surface area contributed by atoms with E-state index < -0.39 is 18.8 Å². The van der Waals surface area contributed by atoms with Crippen LogP contribution in [-0.4, -0.2) is 77.5 Å². The number of carbonyl (C=O) groups excluding carboxylic acids is 2. The zero-order valence-corrected chi connectivity index (χ0v) is 26.4. The van der Waals surface area contributed by atoms with Crippen LogP contribution in [0, 0.1) is 20.8 Å². The van der Waals surface area contributed by atoms with Crippen molar-refractivity contribution in [3.05, 3.63) is 81.9 Å². The van der Waals surface area contributed by atoms with Crippen molar-refractivity contribution >= 4 is 30.5 Å². The number of nitrogens with zero attached hydrogens (tertiary/aromatic N) is 2. The van der Waals surface area contributed by atoms with Crippen LogP contribution >= 0.6 is 0 Å². The van der Waals surface area contributed by atoms with Gasteiger partial charge in [-0.1, -0.05) is 48.5 Å². The van der Waals surface area contributed by atoms with Crippen molar-refractivity contribution in [1.82, 2.24) is 9.80 Å². The minimum absolute atomic E-state index is 0.0136. The first-order valence-electron chi connectivity index (χ1n) is 15.2. The zero-order chi connectivity index (χ0) is 31.8. The van der Waals surface area contributed by atoms with Crippen LogP contribution in [0.5, 0.6) is 0 Å². The summed E-state index contributed by atoms with van der Waals surface area (Å²) in [6.45, 7) is 14.0. The van der Waals surface area contributed by atoms with Gasteiger partial charge in [0.1, 0.15) is 12.2 Å². The smallest absolute Gasteiger partial charge is 0.448 e. The first kappa shape index (κ1) is 31.6. The Hall–Kier alpha value is -3.86. The summed E-state index contributed by atoms with van der Waals surface area (Å²) in [5, 5.41) is 23.3. The number of amides is 2. The molecule has 3 N–H and O–H groups in total. The average molecular weight is 600 g/mol. The molecule has 1 fully saturated rings. The van der Waals surface area contributed by atoms with E-state index in [0.717, 1.165) is 16.7 Å². The van der Waals surface area contributed by atoms with Gasteiger partial charge in [0.05, 0.1) is 0 Å². The number of rotatable bonds is 6. The van der Waals surface area contributed by atoms with Gasteiger partial charge in [-0.3, -0.25) is 10.2 Å². The molecule has 1 heterocycles. The molecule has 1 aliphatic carbocycles. The number of carbonyl (C=O) groups is 2. The van der Waals surface area contributed by atoms with Crippen molar-refractivity contribution in [2.75, 3.05) is 38.1 Å². The second kappa shape index (κ2) is 12.6. The van der Waals surface area contributed by atoms with Gasteiger partial charge < -0.3 is 24.4 Å². The van der Waals surface area contributed by atoms with Crippen LogP contribution in [0.2, 0.25) is 0 Å². The maximum absolute atomic E-state index is 13.1.